The van der Waals surface area contributed by atoms with Crippen molar-refractivity contribution in [2.75, 3.05) is 35.5 Å². The van der Waals surface area contributed by atoms with Crippen LogP contribution >= 0.6 is 12.4 Å². The minimum atomic E-state index is -3.29. The van der Waals surface area contributed by atoms with Crippen molar-refractivity contribution in [3.63, 3.8) is 0 Å². The van der Waals surface area contributed by atoms with Gasteiger partial charge in [-0.15, -0.1) is 12.4 Å². The van der Waals surface area contributed by atoms with Gasteiger partial charge in [0, 0.05) is 24.5 Å². The van der Waals surface area contributed by atoms with Gasteiger partial charge in [-0.25, -0.2) is 8.42 Å². The lowest BCUT2D eigenvalue weighted by Gasteiger charge is -2.22. The number of carbonyl (C=O) groups is 1. The molecule has 0 spiro atoms. The summed E-state index contributed by atoms with van der Waals surface area (Å²) < 4.78 is 30.7. The maximum Gasteiger partial charge on any atom is 0.254 e. The van der Waals surface area contributed by atoms with Crippen LogP contribution in [-0.2, 0) is 19.6 Å². The summed E-state index contributed by atoms with van der Waals surface area (Å²) in [4.78, 5) is 11.9. The molecule has 0 aliphatic carbocycles. The van der Waals surface area contributed by atoms with E-state index in [1.54, 1.807) is 31.2 Å². The Hall–Kier alpha value is -1.35. The summed E-state index contributed by atoms with van der Waals surface area (Å²) >= 11 is 0. The van der Waals surface area contributed by atoms with E-state index >= 15 is 0 Å². The van der Waals surface area contributed by atoms with Crippen molar-refractivity contribution in [1.29, 1.82) is 0 Å². The topological polar surface area (TPSA) is 96.5 Å². The number of morpholine rings is 1. The third-order valence-electron chi connectivity index (χ3n) is 3.03. The molecule has 2 rings (SSSR count). The van der Waals surface area contributed by atoms with E-state index in [-0.39, 0.29) is 24.1 Å². The second-order valence-electron chi connectivity index (χ2n) is 4.64. The Morgan fingerprint density at radius 2 is 1.95 bits per heavy atom. The first-order valence-electron chi connectivity index (χ1n) is 6.74. The Kier molecular flexibility index (Phi) is 7.08. The van der Waals surface area contributed by atoms with Crippen LogP contribution in [0.3, 0.4) is 0 Å². The molecule has 0 bridgehead atoms. The van der Waals surface area contributed by atoms with Gasteiger partial charge < -0.3 is 15.4 Å². The number of hydrogen-bond acceptors (Lipinski definition) is 5. The number of benzene rings is 1. The summed E-state index contributed by atoms with van der Waals surface area (Å²) in [6.07, 6.45) is -0.503. The predicted octanol–water partition coefficient (Wildman–Crippen LogP) is 0.797. The normalized spacial score (nSPS) is 18.1. The lowest BCUT2D eigenvalue weighted by molar-refractivity contribution is -0.128. The van der Waals surface area contributed by atoms with Crippen molar-refractivity contribution < 1.29 is 17.9 Å². The molecule has 7 nitrogen and oxygen atoms in total. The molecule has 1 amide bonds. The van der Waals surface area contributed by atoms with Gasteiger partial charge >= 0.3 is 0 Å². The quantitative estimate of drug-likeness (QED) is 0.730. The van der Waals surface area contributed by atoms with Crippen molar-refractivity contribution in [1.82, 2.24) is 5.32 Å². The third kappa shape index (κ3) is 5.45. The highest BCUT2D eigenvalue weighted by atomic mass is 35.5. The fourth-order valence-electron chi connectivity index (χ4n) is 1.83. The first-order chi connectivity index (χ1) is 10.00. The molecule has 1 atom stereocenters. The number of carbonyl (C=O) groups excluding carboxylic acids is 1. The van der Waals surface area contributed by atoms with Crippen LogP contribution in [0.2, 0.25) is 0 Å². The van der Waals surface area contributed by atoms with Gasteiger partial charge in [-0.1, -0.05) is 0 Å². The Morgan fingerprint density at radius 3 is 2.50 bits per heavy atom. The van der Waals surface area contributed by atoms with Gasteiger partial charge in [0.05, 0.1) is 12.4 Å². The maximum atomic E-state index is 11.9. The molecule has 124 valence electrons. The van der Waals surface area contributed by atoms with E-state index in [1.165, 1.54) is 0 Å². The zero-order chi connectivity index (χ0) is 15.3. The standard InChI is InChI=1S/C13H19N3O4S.ClH/c1-2-21(18,19)16-11-5-3-10(4-6-11)15-13(17)12-9-14-7-8-20-12;/h3-6,12,14,16H,2,7-9H2,1H3,(H,15,17);1H. The van der Waals surface area contributed by atoms with E-state index in [0.29, 0.717) is 24.5 Å². The van der Waals surface area contributed by atoms with Gasteiger partial charge in [-0.2, -0.15) is 0 Å². The minimum Gasteiger partial charge on any atom is -0.366 e. The number of nitrogens with one attached hydrogen (secondary N) is 3. The second kappa shape index (κ2) is 8.33. The molecule has 3 N–H and O–H groups in total. The largest absolute Gasteiger partial charge is 0.366 e. The molecule has 0 aromatic heterocycles. The van der Waals surface area contributed by atoms with Crippen LogP contribution in [0.5, 0.6) is 0 Å². The third-order valence-corrected chi connectivity index (χ3v) is 4.33. The molecule has 1 fully saturated rings. The fourth-order valence-corrected chi connectivity index (χ4v) is 2.47. The summed E-state index contributed by atoms with van der Waals surface area (Å²) in [6, 6.07) is 6.48. The first-order valence-corrected chi connectivity index (χ1v) is 8.39. The molecule has 1 unspecified atom stereocenters. The van der Waals surface area contributed by atoms with E-state index in [2.05, 4.69) is 15.4 Å². The van der Waals surface area contributed by atoms with Crippen molar-refractivity contribution in [3.05, 3.63) is 24.3 Å². The van der Waals surface area contributed by atoms with Crippen molar-refractivity contribution >= 4 is 39.7 Å². The zero-order valence-electron chi connectivity index (χ0n) is 12.2. The number of ether oxygens (including phenoxy) is 1. The molecule has 1 aliphatic rings. The van der Waals surface area contributed by atoms with Crippen LogP contribution in [-0.4, -0.2) is 45.9 Å². The van der Waals surface area contributed by atoms with Crippen LogP contribution in [0.4, 0.5) is 11.4 Å². The Bertz CT molecular complexity index is 586. The fraction of sp³-hybridized carbons (Fsp3) is 0.462. The summed E-state index contributed by atoms with van der Waals surface area (Å²) in [7, 11) is -3.29. The van der Waals surface area contributed by atoms with Gasteiger partial charge in [0.25, 0.3) is 5.91 Å². The molecule has 1 aromatic rings. The zero-order valence-corrected chi connectivity index (χ0v) is 13.8. The van der Waals surface area contributed by atoms with Crippen molar-refractivity contribution in [2.24, 2.45) is 0 Å². The summed E-state index contributed by atoms with van der Waals surface area (Å²) in [5, 5.41) is 5.81. The molecule has 22 heavy (non-hydrogen) atoms. The molecule has 0 saturated carbocycles. The van der Waals surface area contributed by atoms with Gasteiger partial charge in [0.15, 0.2) is 0 Å². The second-order valence-corrected chi connectivity index (χ2v) is 6.65. The van der Waals surface area contributed by atoms with Gasteiger partial charge in [0.2, 0.25) is 10.0 Å². The van der Waals surface area contributed by atoms with E-state index in [0.717, 1.165) is 6.54 Å². The summed E-state index contributed by atoms with van der Waals surface area (Å²) in [5.74, 6) is -0.207. The number of halogens is 1. The predicted molar refractivity (Wildman–Crippen MR) is 88.0 cm³/mol. The number of rotatable bonds is 5. The van der Waals surface area contributed by atoms with Crippen molar-refractivity contribution in [2.45, 2.75) is 13.0 Å². The minimum absolute atomic E-state index is 0. The molecule has 1 saturated heterocycles. The molecule has 0 radical (unpaired) electrons. The highest BCUT2D eigenvalue weighted by molar-refractivity contribution is 7.92. The van der Waals surface area contributed by atoms with Crippen molar-refractivity contribution in [3.8, 4) is 0 Å². The summed E-state index contributed by atoms with van der Waals surface area (Å²) in [5.41, 5.74) is 1.05. The number of amides is 1. The highest BCUT2D eigenvalue weighted by Gasteiger charge is 2.21. The molecule has 1 aromatic carbocycles. The average Bonchev–Trinajstić information content (AvgIpc) is 2.50. The Labute approximate surface area is 136 Å². The molecule has 1 heterocycles. The monoisotopic (exact) mass is 349 g/mol. The van der Waals surface area contributed by atoms with E-state index in [1.807, 2.05) is 0 Å². The summed E-state index contributed by atoms with van der Waals surface area (Å²) in [6.45, 7) is 3.31. The van der Waals surface area contributed by atoms with Crippen LogP contribution in [0.25, 0.3) is 0 Å². The molecule has 9 heteroatoms. The van der Waals surface area contributed by atoms with Crippen LogP contribution in [0.15, 0.2) is 24.3 Å². The van der Waals surface area contributed by atoms with E-state index in [4.69, 9.17) is 4.74 Å². The molecular weight excluding hydrogens is 330 g/mol. The first kappa shape index (κ1) is 18.7. The van der Waals surface area contributed by atoms with E-state index in [9.17, 15) is 13.2 Å². The van der Waals surface area contributed by atoms with Gasteiger partial charge in [-0.05, 0) is 31.2 Å². The van der Waals surface area contributed by atoms with Gasteiger partial charge in [-0.3, -0.25) is 9.52 Å². The lowest BCUT2D eigenvalue weighted by Crippen LogP contribution is -2.45. The SMILES string of the molecule is CCS(=O)(=O)Nc1ccc(NC(=O)C2CNCCO2)cc1.Cl. The lowest BCUT2D eigenvalue weighted by atomic mass is 10.2. The van der Waals surface area contributed by atoms with E-state index < -0.39 is 16.1 Å². The molecular formula is C13H20ClN3O4S. The van der Waals surface area contributed by atoms with Crippen LogP contribution in [0.1, 0.15) is 6.92 Å². The number of hydrogen-bond donors (Lipinski definition) is 3. The average molecular weight is 350 g/mol. The number of anilines is 2. The highest BCUT2D eigenvalue weighted by Crippen LogP contribution is 2.15. The number of sulfonamides is 1. The molecule has 1 aliphatic heterocycles. The smallest absolute Gasteiger partial charge is 0.254 e. The maximum absolute atomic E-state index is 11.9. The Balaban J connectivity index is 0.00000242. The van der Waals surface area contributed by atoms with Gasteiger partial charge in [0.1, 0.15) is 6.10 Å². The Morgan fingerprint density at radius 1 is 1.32 bits per heavy atom. The van der Waals surface area contributed by atoms with Crippen LogP contribution in [0, 0.1) is 0 Å². The van der Waals surface area contributed by atoms with Crippen LogP contribution < -0.4 is 15.4 Å².